The Labute approximate surface area is 83.5 Å². The third-order valence-electron chi connectivity index (χ3n) is 4.18. The van der Waals surface area contributed by atoms with Crippen LogP contribution in [0, 0.1) is 5.41 Å². The Kier molecular flexibility index (Phi) is 3.78. The molecule has 1 saturated heterocycles. The van der Waals surface area contributed by atoms with Gasteiger partial charge < -0.3 is 4.90 Å². The third-order valence-corrected chi connectivity index (χ3v) is 4.18. The van der Waals surface area contributed by atoms with Gasteiger partial charge >= 0.3 is 0 Å². The molecule has 0 saturated carbocycles. The van der Waals surface area contributed by atoms with Crippen LogP contribution in [-0.2, 0) is 0 Å². The zero-order valence-corrected chi connectivity index (χ0v) is 9.77. The zero-order valence-electron chi connectivity index (χ0n) is 9.77. The maximum atomic E-state index is 2.54. The number of likely N-dealkylation sites (tertiary alicyclic amines) is 1. The summed E-state index contributed by atoms with van der Waals surface area (Å²) < 4.78 is 0. The first-order valence-corrected chi connectivity index (χ1v) is 5.86. The Morgan fingerprint density at radius 3 is 2.62 bits per heavy atom. The van der Waals surface area contributed by atoms with Crippen molar-refractivity contribution in [3.63, 3.8) is 0 Å². The van der Waals surface area contributed by atoms with E-state index in [1.807, 2.05) is 0 Å². The number of rotatable bonds is 3. The van der Waals surface area contributed by atoms with Crippen molar-refractivity contribution in [1.82, 2.24) is 4.90 Å². The molecule has 0 aromatic heterocycles. The molecular weight excluding hydrogens is 158 g/mol. The molecule has 1 aliphatic rings. The van der Waals surface area contributed by atoms with Crippen molar-refractivity contribution in [3.05, 3.63) is 0 Å². The molecule has 1 fully saturated rings. The highest BCUT2D eigenvalue weighted by atomic mass is 15.1. The second kappa shape index (κ2) is 4.45. The summed E-state index contributed by atoms with van der Waals surface area (Å²) in [6, 6.07) is 0.784. The highest BCUT2D eigenvalue weighted by Gasteiger charge is 2.38. The molecule has 0 aliphatic carbocycles. The van der Waals surface area contributed by atoms with E-state index in [4.69, 9.17) is 0 Å². The van der Waals surface area contributed by atoms with Gasteiger partial charge in [0, 0.05) is 6.04 Å². The van der Waals surface area contributed by atoms with Gasteiger partial charge in [-0.25, -0.2) is 0 Å². The van der Waals surface area contributed by atoms with Gasteiger partial charge in [0.25, 0.3) is 0 Å². The van der Waals surface area contributed by atoms with Crippen molar-refractivity contribution in [2.45, 2.75) is 58.9 Å². The van der Waals surface area contributed by atoms with Crippen LogP contribution in [0.15, 0.2) is 0 Å². The van der Waals surface area contributed by atoms with Crippen LogP contribution >= 0.6 is 0 Å². The summed E-state index contributed by atoms with van der Waals surface area (Å²) in [6.45, 7) is 8.40. The van der Waals surface area contributed by atoms with Crippen molar-refractivity contribution >= 4 is 0 Å². The van der Waals surface area contributed by atoms with Crippen LogP contribution < -0.4 is 0 Å². The average Bonchev–Trinajstić information content (AvgIpc) is 2.13. The Morgan fingerprint density at radius 2 is 2.08 bits per heavy atom. The monoisotopic (exact) mass is 183 g/mol. The normalized spacial score (nSPS) is 36.5. The molecule has 0 bridgehead atoms. The number of hydrogen-bond donors (Lipinski definition) is 0. The number of hydrogen-bond acceptors (Lipinski definition) is 1. The standard InChI is InChI=1S/C12H25N/c1-5-8-12(6-2)9-7-10-13(4)11(12)3/h11H,5-10H2,1-4H3/t11-,12+/m1/s1. The molecule has 78 valence electrons. The van der Waals surface area contributed by atoms with Crippen LogP contribution in [0.5, 0.6) is 0 Å². The first-order chi connectivity index (χ1) is 6.16. The molecule has 1 aliphatic heterocycles. The van der Waals surface area contributed by atoms with Crippen LogP contribution in [0.2, 0.25) is 0 Å². The Hall–Kier alpha value is -0.0400. The lowest BCUT2D eigenvalue weighted by Gasteiger charge is -2.47. The van der Waals surface area contributed by atoms with Gasteiger partial charge in [0.05, 0.1) is 0 Å². The predicted octanol–water partition coefficient (Wildman–Crippen LogP) is 3.30. The Balaban J connectivity index is 2.70. The smallest absolute Gasteiger partial charge is 0.0120 e. The zero-order chi connectivity index (χ0) is 9.90. The van der Waals surface area contributed by atoms with E-state index in [9.17, 15) is 0 Å². The van der Waals surface area contributed by atoms with Crippen molar-refractivity contribution in [2.75, 3.05) is 13.6 Å². The minimum atomic E-state index is 0.627. The van der Waals surface area contributed by atoms with Crippen molar-refractivity contribution in [3.8, 4) is 0 Å². The molecule has 0 spiro atoms. The van der Waals surface area contributed by atoms with Crippen LogP contribution in [-0.4, -0.2) is 24.5 Å². The highest BCUT2D eigenvalue weighted by molar-refractivity contribution is 4.91. The Morgan fingerprint density at radius 1 is 1.38 bits per heavy atom. The van der Waals surface area contributed by atoms with E-state index in [0.717, 1.165) is 6.04 Å². The minimum Gasteiger partial charge on any atom is -0.303 e. The summed E-state index contributed by atoms with van der Waals surface area (Å²) in [4.78, 5) is 2.54. The maximum Gasteiger partial charge on any atom is 0.0120 e. The van der Waals surface area contributed by atoms with Gasteiger partial charge in [0.2, 0.25) is 0 Å². The summed E-state index contributed by atoms with van der Waals surface area (Å²) in [5, 5.41) is 0. The molecule has 0 radical (unpaired) electrons. The van der Waals surface area contributed by atoms with Crippen LogP contribution in [0.4, 0.5) is 0 Å². The molecule has 1 rings (SSSR count). The fourth-order valence-corrected chi connectivity index (χ4v) is 3.03. The molecule has 0 N–H and O–H groups in total. The van der Waals surface area contributed by atoms with E-state index < -0.39 is 0 Å². The van der Waals surface area contributed by atoms with Gasteiger partial charge in [-0.15, -0.1) is 0 Å². The summed E-state index contributed by atoms with van der Waals surface area (Å²) in [5.74, 6) is 0. The topological polar surface area (TPSA) is 3.24 Å². The fourth-order valence-electron chi connectivity index (χ4n) is 3.03. The second-order valence-corrected chi connectivity index (χ2v) is 4.73. The third kappa shape index (κ3) is 2.07. The van der Waals surface area contributed by atoms with Gasteiger partial charge in [-0.3, -0.25) is 0 Å². The van der Waals surface area contributed by atoms with Gasteiger partial charge in [0.15, 0.2) is 0 Å². The molecular formula is C12H25N. The number of nitrogens with zero attached hydrogens (tertiary/aromatic N) is 1. The highest BCUT2D eigenvalue weighted by Crippen LogP contribution is 2.42. The minimum absolute atomic E-state index is 0.627. The van der Waals surface area contributed by atoms with Gasteiger partial charge in [-0.2, -0.15) is 0 Å². The van der Waals surface area contributed by atoms with E-state index in [1.165, 1.54) is 38.6 Å². The summed E-state index contributed by atoms with van der Waals surface area (Å²) in [6.07, 6.45) is 6.95. The molecule has 0 amide bonds. The van der Waals surface area contributed by atoms with Crippen molar-refractivity contribution in [2.24, 2.45) is 5.41 Å². The maximum absolute atomic E-state index is 2.54. The van der Waals surface area contributed by atoms with E-state index >= 15 is 0 Å². The lowest BCUT2D eigenvalue weighted by Crippen LogP contribution is -2.48. The first kappa shape index (κ1) is 11.0. The fraction of sp³-hybridized carbons (Fsp3) is 1.00. The largest absolute Gasteiger partial charge is 0.303 e. The summed E-state index contributed by atoms with van der Waals surface area (Å²) in [7, 11) is 2.28. The molecule has 1 heteroatoms. The van der Waals surface area contributed by atoms with Gasteiger partial charge in [-0.05, 0) is 51.6 Å². The van der Waals surface area contributed by atoms with E-state index in [2.05, 4.69) is 32.7 Å². The summed E-state index contributed by atoms with van der Waals surface area (Å²) >= 11 is 0. The van der Waals surface area contributed by atoms with Crippen LogP contribution in [0.3, 0.4) is 0 Å². The first-order valence-electron chi connectivity index (χ1n) is 5.86. The molecule has 13 heavy (non-hydrogen) atoms. The van der Waals surface area contributed by atoms with E-state index in [-0.39, 0.29) is 0 Å². The lowest BCUT2D eigenvalue weighted by molar-refractivity contribution is 0.0297. The van der Waals surface area contributed by atoms with Crippen LogP contribution in [0.25, 0.3) is 0 Å². The van der Waals surface area contributed by atoms with Gasteiger partial charge in [0.1, 0.15) is 0 Å². The van der Waals surface area contributed by atoms with Gasteiger partial charge in [-0.1, -0.05) is 20.3 Å². The average molecular weight is 183 g/mol. The quantitative estimate of drug-likeness (QED) is 0.649. The molecule has 1 nitrogen and oxygen atoms in total. The van der Waals surface area contributed by atoms with E-state index in [0.29, 0.717) is 5.41 Å². The Bertz CT molecular complexity index is 151. The summed E-state index contributed by atoms with van der Waals surface area (Å²) in [5.41, 5.74) is 0.627. The van der Waals surface area contributed by atoms with E-state index in [1.54, 1.807) is 0 Å². The molecule has 2 atom stereocenters. The second-order valence-electron chi connectivity index (χ2n) is 4.73. The van der Waals surface area contributed by atoms with Crippen molar-refractivity contribution < 1.29 is 0 Å². The van der Waals surface area contributed by atoms with Crippen LogP contribution in [0.1, 0.15) is 52.9 Å². The SMILES string of the molecule is CCC[C@@]1(CC)CCCN(C)[C@@H]1C. The molecule has 0 unspecified atom stereocenters. The molecule has 0 aromatic rings. The molecule has 1 heterocycles. The predicted molar refractivity (Wildman–Crippen MR) is 59.0 cm³/mol. The number of piperidine rings is 1. The lowest BCUT2D eigenvalue weighted by atomic mass is 9.69. The molecule has 0 aromatic carbocycles. The van der Waals surface area contributed by atoms with Crippen molar-refractivity contribution in [1.29, 1.82) is 0 Å².